The second-order valence-corrected chi connectivity index (χ2v) is 5.65. The molecule has 1 aliphatic heterocycles. The van der Waals surface area contributed by atoms with Crippen molar-refractivity contribution in [3.63, 3.8) is 0 Å². The molecule has 0 bridgehead atoms. The van der Waals surface area contributed by atoms with Crippen molar-refractivity contribution in [1.29, 1.82) is 0 Å². The number of fused-ring (bicyclic) bond motifs is 1. The molecule has 3 nitrogen and oxygen atoms in total. The lowest BCUT2D eigenvalue weighted by Crippen LogP contribution is -2.21. The first kappa shape index (κ1) is 13.6. The van der Waals surface area contributed by atoms with Crippen LogP contribution in [0, 0.1) is 0 Å². The fraction of sp³-hybridized carbons (Fsp3) is 0.263. The Morgan fingerprint density at radius 1 is 0.955 bits per heavy atom. The van der Waals surface area contributed by atoms with Gasteiger partial charge in [0.15, 0.2) is 6.29 Å². The van der Waals surface area contributed by atoms with Crippen molar-refractivity contribution in [1.82, 2.24) is 0 Å². The van der Waals surface area contributed by atoms with Crippen LogP contribution in [0.3, 0.4) is 0 Å². The zero-order valence-electron chi connectivity index (χ0n) is 12.4. The van der Waals surface area contributed by atoms with Gasteiger partial charge in [0.2, 0.25) is 0 Å². The molecule has 2 aromatic carbocycles. The predicted molar refractivity (Wildman–Crippen MR) is 88.9 cm³/mol. The third-order valence-electron chi connectivity index (χ3n) is 4.15. The van der Waals surface area contributed by atoms with E-state index >= 15 is 0 Å². The Labute approximate surface area is 130 Å². The Kier molecular flexibility index (Phi) is 3.67. The molecule has 1 aliphatic carbocycles. The van der Waals surface area contributed by atoms with Gasteiger partial charge in [0, 0.05) is 22.7 Å². The number of rotatable bonds is 3. The largest absolute Gasteiger partial charge is 0.378 e. The topological polar surface area (TPSA) is 30.5 Å². The summed E-state index contributed by atoms with van der Waals surface area (Å²) in [5.41, 5.74) is 2.31. The normalized spacial score (nSPS) is 22.0. The van der Waals surface area contributed by atoms with Gasteiger partial charge in [-0.05, 0) is 17.9 Å². The average Bonchev–Trinajstić information content (AvgIpc) is 3.10. The molecule has 1 atom stereocenters. The van der Waals surface area contributed by atoms with E-state index in [1.807, 2.05) is 0 Å². The third kappa shape index (κ3) is 2.65. The summed E-state index contributed by atoms with van der Waals surface area (Å²) in [6.07, 6.45) is 7.29. The fourth-order valence-corrected chi connectivity index (χ4v) is 3.02. The zero-order valence-corrected chi connectivity index (χ0v) is 12.4. The molecule has 1 saturated heterocycles. The van der Waals surface area contributed by atoms with E-state index in [0.717, 1.165) is 12.0 Å². The summed E-state index contributed by atoms with van der Waals surface area (Å²) < 4.78 is 11.1. The molecule has 1 N–H and O–H groups in total. The van der Waals surface area contributed by atoms with Crippen LogP contribution >= 0.6 is 0 Å². The van der Waals surface area contributed by atoms with Gasteiger partial charge in [0.05, 0.1) is 13.2 Å². The highest BCUT2D eigenvalue weighted by atomic mass is 16.7. The van der Waals surface area contributed by atoms with E-state index in [-0.39, 0.29) is 6.29 Å². The molecule has 112 valence electrons. The minimum absolute atomic E-state index is 0.172. The highest BCUT2D eigenvalue weighted by molar-refractivity contribution is 5.93. The van der Waals surface area contributed by atoms with E-state index in [1.54, 1.807) is 0 Å². The summed E-state index contributed by atoms with van der Waals surface area (Å²) in [7, 11) is 0. The SMILES string of the molecule is C1=CC(Nc2cccc3ccccc23)CC=C1C1OCCO1. The van der Waals surface area contributed by atoms with Gasteiger partial charge in [-0.25, -0.2) is 0 Å². The van der Waals surface area contributed by atoms with Gasteiger partial charge in [-0.1, -0.05) is 54.6 Å². The molecule has 0 aromatic heterocycles. The molecule has 3 heteroatoms. The van der Waals surface area contributed by atoms with Crippen LogP contribution in [0.1, 0.15) is 6.42 Å². The molecule has 2 aliphatic rings. The molecule has 0 amide bonds. The maximum Gasteiger partial charge on any atom is 0.183 e. The quantitative estimate of drug-likeness (QED) is 0.931. The first-order valence-electron chi connectivity index (χ1n) is 7.76. The second-order valence-electron chi connectivity index (χ2n) is 5.65. The van der Waals surface area contributed by atoms with E-state index in [4.69, 9.17) is 9.47 Å². The molecule has 2 aromatic rings. The van der Waals surface area contributed by atoms with Crippen LogP contribution in [0.25, 0.3) is 10.8 Å². The standard InChI is InChI=1S/C19H19NO2/c1-2-6-17-14(4-1)5-3-7-18(17)20-16-10-8-15(9-11-16)19-21-12-13-22-19/h1-10,16,19-20H,11-13H2. The van der Waals surface area contributed by atoms with E-state index in [0.29, 0.717) is 19.3 Å². The molecule has 0 saturated carbocycles. The third-order valence-corrected chi connectivity index (χ3v) is 4.15. The molecule has 22 heavy (non-hydrogen) atoms. The summed E-state index contributed by atoms with van der Waals surface area (Å²) in [6.45, 7) is 1.38. The van der Waals surface area contributed by atoms with Gasteiger partial charge in [0.25, 0.3) is 0 Å². The highest BCUT2D eigenvalue weighted by Crippen LogP contribution is 2.26. The summed E-state index contributed by atoms with van der Waals surface area (Å²) in [5.74, 6) is 0. The van der Waals surface area contributed by atoms with Crippen molar-refractivity contribution >= 4 is 16.5 Å². The van der Waals surface area contributed by atoms with Crippen molar-refractivity contribution in [3.8, 4) is 0 Å². The van der Waals surface area contributed by atoms with Crippen LogP contribution in [0.2, 0.25) is 0 Å². The van der Waals surface area contributed by atoms with Crippen LogP contribution in [-0.2, 0) is 9.47 Å². The Hall–Kier alpha value is -2.10. The van der Waals surface area contributed by atoms with Crippen LogP contribution < -0.4 is 5.32 Å². The number of anilines is 1. The van der Waals surface area contributed by atoms with Gasteiger partial charge >= 0.3 is 0 Å². The Morgan fingerprint density at radius 2 is 1.77 bits per heavy atom. The summed E-state index contributed by atoms with van der Waals surface area (Å²) >= 11 is 0. The maximum absolute atomic E-state index is 5.54. The predicted octanol–water partition coefficient (Wildman–Crippen LogP) is 3.88. The summed E-state index contributed by atoms with van der Waals surface area (Å²) in [6, 6.07) is 15.1. The average molecular weight is 293 g/mol. The van der Waals surface area contributed by atoms with Gasteiger partial charge in [-0.2, -0.15) is 0 Å². The lowest BCUT2D eigenvalue weighted by Gasteiger charge is -2.21. The summed E-state index contributed by atoms with van der Waals surface area (Å²) in [5, 5.41) is 6.14. The highest BCUT2D eigenvalue weighted by Gasteiger charge is 2.21. The Bertz CT molecular complexity index is 724. The van der Waals surface area contributed by atoms with E-state index in [2.05, 4.69) is 66.0 Å². The Morgan fingerprint density at radius 3 is 2.59 bits per heavy atom. The Balaban J connectivity index is 1.49. The number of hydrogen-bond donors (Lipinski definition) is 1. The van der Waals surface area contributed by atoms with E-state index in [9.17, 15) is 0 Å². The molecule has 1 heterocycles. The number of hydrogen-bond acceptors (Lipinski definition) is 3. The van der Waals surface area contributed by atoms with Crippen molar-refractivity contribution in [2.24, 2.45) is 0 Å². The molecule has 1 fully saturated rings. The minimum Gasteiger partial charge on any atom is -0.378 e. The van der Waals surface area contributed by atoms with Crippen molar-refractivity contribution in [3.05, 3.63) is 66.3 Å². The van der Waals surface area contributed by atoms with Gasteiger partial charge in [0.1, 0.15) is 0 Å². The molecule has 4 rings (SSSR count). The molecular formula is C19H19NO2. The maximum atomic E-state index is 5.54. The number of nitrogens with one attached hydrogen (secondary N) is 1. The minimum atomic E-state index is -0.172. The van der Waals surface area contributed by atoms with Crippen LogP contribution in [0.5, 0.6) is 0 Å². The van der Waals surface area contributed by atoms with Crippen molar-refractivity contribution in [2.45, 2.75) is 18.8 Å². The van der Waals surface area contributed by atoms with Crippen LogP contribution in [-0.4, -0.2) is 25.5 Å². The van der Waals surface area contributed by atoms with Crippen LogP contribution in [0.4, 0.5) is 5.69 Å². The number of benzene rings is 2. The van der Waals surface area contributed by atoms with E-state index in [1.165, 1.54) is 16.5 Å². The fourth-order valence-electron chi connectivity index (χ4n) is 3.02. The molecular weight excluding hydrogens is 274 g/mol. The zero-order chi connectivity index (χ0) is 14.8. The first-order chi connectivity index (χ1) is 10.9. The second kappa shape index (κ2) is 5.95. The smallest absolute Gasteiger partial charge is 0.183 e. The molecule has 1 unspecified atom stereocenters. The van der Waals surface area contributed by atoms with Crippen molar-refractivity contribution < 1.29 is 9.47 Å². The molecule has 0 spiro atoms. The van der Waals surface area contributed by atoms with Crippen molar-refractivity contribution in [2.75, 3.05) is 18.5 Å². The monoisotopic (exact) mass is 293 g/mol. The first-order valence-corrected chi connectivity index (χ1v) is 7.76. The number of ether oxygens (including phenoxy) is 2. The van der Waals surface area contributed by atoms with E-state index < -0.39 is 0 Å². The van der Waals surface area contributed by atoms with Gasteiger partial charge in [-0.3, -0.25) is 0 Å². The van der Waals surface area contributed by atoms with Gasteiger partial charge < -0.3 is 14.8 Å². The summed E-state index contributed by atoms with van der Waals surface area (Å²) in [4.78, 5) is 0. The lowest BCUT2D eigenvalue weighted by molar-refractivity contribution is -0.00874. The lowest BCUT2D eigenvalue weighted by atomic mass is 10.0. The van der Waals surface area contributed by atoms with Crippen LogP contribution in [0.15, 0.2) is 66.3 Å². The molecule has 0 radical (unpaired) electrons. The van der Waals surface area contributed by atoms with Gasteiger partial charge in [-0.15, -0.1) is 0 Å².